The number of ether oxygens (including phenoxy) is 1. The van der Waals surface area contributed by atoms with Gasteiger partial charge in [0.15, 0.2) is 0 Å². The van der Waals surface area contributed by atoms with Gasteiger partial charge in [0, 0.05) is 6.20 Å². The van der Waals surface area contributed by atoms with Crippen molar-refractivity contribution in [3.05, 3.63) is 96.7 Å². The van der Waals surface area contributed by atoms with Gasteiger partial charge in [0.05, 0.1) is 11.4 Å². The minimum Gasteiger partial charge on any atom is -0.487 e. The molecule has 1 aromatic carbocycles. The highest BCUT2D eigenvalue weighted by atomic mass is 16.5. The van der Waals surface area contributed by atoms with E-state index in [2.05, 4.69) is 18.1 Å². The Morgan fingerprint density at radius 3 is 2.43 bits per heavy atom. The number of benzene rings is 1. The first-order valence-electron chi connectivity index (χ1n) is 6.60. The predicted molar refractivity (Wildman–Crippen MR) is 85.9 cm³/mol. The standard InChI is InChI=1S/C18H18N2O/c1-14(17-10-6-7-11-20-17)12-18(15(2)19)21-13-16-8-4-3-5-9-16/h3-12H,1-2,13,19H2/b18-12+. The zero-order valence-corrected chi connectivity index (χ0v) is 11.8. The van der Waals surface area contributed by atoms with Crippen LogP contribution in [0.25, 0.3) is 5.57 Å². The fourth-order valence-corrected chi connectivity index (χ4v) is 1.75. The van der Waals surface area contributed by atoms with Crippen LogP contribution in [0.2, 0.25) is 0 Å². The first-order valence-corrected chi connectivity index (χ1v) is 6.60. The van der Waals surface area contributed by atoms with E-state index in [0.717, 1.165) is 16.8 Å². The van der Waals surface area contributed by atoms with Gasteiger partial charge >= 0.3 is 0 Å². The van der Waals surface area contributed by atoms with Gasteiger partial charge in [-0.1, -0.05) is 49.6 Å². The van der Waals surface area contributed by atoms with E-state index in [0.29, 0.717) is 18.1 Å². The summed E-state index contributed by atoms with van der Waals surface area (Å²) in [6, 6.07) is 15.5. The third-order valence-electron chi connectivity index (χ3n) is 2.85. The number of nitrogens with two attached hydrogens (primary N) is 1. The number of rotatable bonds is 6. The lowest BCUT2D eigenvalue weighted by Gasteiger charge is -2.11. The van der Waals surface area contributed by atoms with Gasteiger partial charge in [-0.05, 0) is 29.3 Å². The fourth-order valence-electron chi connectivity index (χ4n) is 1.75. The van der Waals surface area contributed by atoms with E-state index in [9.17, 15) is 0 Å². The Labute approximate surface area is 125 Å². The maximum Gasteiger partial charge on any atom is 0.142 e. The summed E-state index contributed by atoms with van der Waals surface area (Å²) in [5.41, 5.74) is 8.71. The number of hydrogen-bond acceptors (Lipinski definition) is 3. The lowest BCUT2D eigenvalue weighted by Crippen LogP contribution is -2.04. The quantitative estimate of drug-likeness (QED) is 0.648. The summed E-state index contributed by atoms with van der Waals surface area (Å²) in [4.78, 5) is 4.24. The van der Waals surface area contributed by atoms with Crippen LogP contribution in [0.5, 0.6) is 0 Å². The summed E-state index contributed by atoms with van der Waals surface area (Å²) < 4.78 is 5.73. The number of allylic oxidation sites excluding steroid dienone is 2. The second-order valence-electron chi connectivity index (χ2n) is 4.55. The van der Waals surface area contributed by atoms with Crippen LogP contribution in [0.3, 0.4) is 0 Å². The Bertz CT molecular complexity index is 645. The molecular formula is C18H18N2O. The Kier molecular flexibility index (Phi) is 4.94. The molecule has 0 bridgehead atoms. The van der Waals surface area contributed by atoms with E-state index >= 15 is 0 Å². The molecule has 0 amide bonds. The minimum absolute atomic E-state index is 0.364. The van der Waals surface area contributed by atoms with Crippen molar-refractivity contribution in [3.8, 4) is 0 Å². The molecule has 0 aliphatic carbocycles. The second-order valence-corrected chi connectivity index (χ2v) is 4.55. The van der Waals surface area contributed by atoms with E-state index in [1.165, 1.54) is 0 Å². The van der Waals surface area contributed by atoms with Crippen LogP contribution in [-0.4, -0.2) is 4.98 Å². The molecule has 1 heterocycles. The highest BCUT2D eigenvalue weighted by Gasteiger charge is 2.04. The second kappa shape index (κ2) is 7.10. The van der Waals surface area contributed by atoms with E-state index in [-0.39, 0.29) is 0 Å². The van der Waals surface area contributed by atoms with Crippen LogP contribution in [0.1, 0.15) is 11.3 Å². The van der Waals surface area contributed by atoms with Gasteiger partial charge in [0.1, 0.15) is 12.4 Å². The molecule has 0 aliphatic rings. The molecule has 0 saturated carbocycles. The van der Waals surface area contributed by atoms with Gasteiger partial charge in [-0.25, -0.2) is 0 Å². The van der Waals surface area contributed by atoms with E-state index in [1.807, 2.05) is 48.5 Å². The highest BCUT2D eigenvalue weighted by molar-refractivity contribution is 5.70. The summed E-state index contributed by atoms with van der Waals surface area (Å²) in [7, 11) is 0. The van der Waals surface area contributed by atoms with Crippen molar-refractivity contribution in [2.24, 2.45) is 5.73 Å². The molecule has 106 valence electrons. The van der Waals surface area contributed by atoms with Crippen molar-refractivity contribution in [2.75, 3.05) is 0 Å². The lowest BCUT2D eigenvalue weighted by atomic mass is 10.1. The number of nitrogens with zero attached hydrogens (tertiary/aromatic N) is 1. The summed E-state index contributed by atoms with van der Waals surface area (Å²) >= 11 is 0. The topological polar surface area (TPSA) is 48.1 Å². The average molecular weight is 278 g/mol. The van der Waals surface area contributed by atoms with E-state index in [4.69, 9.17) is 10.5 Å². The zero-order valence-electron chi connectivity index (χ0n) is 11.8. The molecule has 0 unspecified atom stereocenters. The van der Waals surface area contributed by atoms with Crippen LogP contribution in [-0.2, 0) is 11.3 Å². The van der Waals surface area contributed by atoms with Crippen LogP contribution in [0, 0.1) is 0 Å². The molecule has 0 aliphatic heterocycles. The van der Waals surface area contributed by atoms with Crippen molar-refractivity contribution in [2.45, 2.75) is 6.61 Å². The van der Waals surface area contributed by atoms with Crippen LogP contribution in [0.15, 0.2) is 85.4 Å². The summed E-state index contributed by atoms with van der Waals surface area (Å²) in [5, 5.41) is 0. The van der Waals surface area contributed by atoms with Gasteiger partial charge in [0.2, 0.25) is 0 Å². The Balaban J connectivity index is 2.10. The van der Waals surface area contributed by atoms with E-state index < -0.39 is 0 Å². The molecule has 0 radical (unpaired) electrons. The fraction of sp³-hybridized carbons (Fsp3) is 0.0556. The van der Waals surface area contributed by atoms with Gasteiger partial charge in [-0.15, -0.1) is 0 Å². The lowest BCUT2D eigenvalue weighted by molar-refractivity contribution is 0.206. The molecule has 3 heteroatoms. The maximum atomic E-state index is 5.78. The number of aromatic nitrogens is 1. The molecule has 0 saturated heterocycles. The van der Waals surface area contributed by atoms with Crippen LogP contribution in [0.4, 0.5) is 0 Å². The van der Waals surface area contributed by atoms with Crippen molar-refractivity contribution in [1.29, 1.82) is 0 Å². The summed E-state index contributed by atoms with van der Waals surface area (Å²) in [5.74, 6) is 0.509. The molecule has 1 aromatic heterocycles. The van der Waals surface area contributed by atoms with Gasteiger partial charge < -0.3 is 10.5 Å². The van der Waals surface area contributed by atoms with Crippen molar-refractivity contribution in [1.82, 2.24) is 4.98 Å². The molecule has 0 fully saturated rings. The first kappa shape index (κ1) is 14.6. The average Bonchev–Trinajstić information content (AvgIpc) is 2.52. The number of hydrogen-bond donors (Lipinski definition) is 1. The molecular weight excluding hydrogens is 260 g/mol. The zero-order chi connectivity index (χ0) is 15.1. The van der Waals surface area contributed by atoms with Gasteiger partial charge in [0.25, 0.3) is 0 Å². The molecule has 2 aromatic rings. The monoisotopic (exact) mass is 278 g/mol. The molecule has 0 atom stereocenters. The third kappa shape index (κ3) is 4.35. The smallest absolute Gasteiger partial charge is 0.142 e. The summed E-state index contributed by atoms with van der Waals surface area (Å²) in [6.45, 7) is 8.15. The number of pyridine rings is 1. The molecule has 3 nitrogen and oxygen atoms in total. The highest BCUT2D eigenvalue weighted by Crippen LogP contribution is 2.17. The van der Waals surface area contributed by atoms with Crippen LogP contribution < -0.4 is 5.73 Å². The first-order chi connectivity index (χ1) is 10.2. The molecule has 2 N–H and O–H groups in total. The Hall–Kier alpha value is -2.81. The molecule has 0 spiro atoms. The van der Waals surface area contributed by atoms with Crippen molar-refractivity contribution in [3.63, 3.8) is 0 Å². The molecule has 21 heavy (non-hydrogen) atoms. The summed E-state index contributed by atoms with van der Waals surface area (Å²) in [6.07, 6.45) is 3.48. The predicted octanol–water partition coefficient (Wildman–Crippen LogP) is 3.67. The van der Waals surface area contributed by atoms with E-state index in [1.54, 1.807) is 12.3 Å². The third-order valence-corrected chi connectivity index (χ3v) is 2.85. The van der Waals surface area contributed by atoms with Crippen molar-refractivity contribution >= 4 is 5.57 Å². The Morgan fingerprint density at radius 2 is 1.81 bits per heavy atom. The van der Waals surface area contributed by atoms with Crippen LogP contribution >= 0.6 is 0 Å². The SMILES string of the molecule is C=C(N)/C(=C\C(=C)c1ccccn1)OCc1ccccc1. The minimum atomic E-state index is 0.364. The van der Waals surface area contributed by atoms with Gasteiger partial charge in [-0.2, -0.15) is 0 Å². The Morgan fingerprint density at radius 1 is 1.10 bits per heavy atom. The van der Waals surface area contributed by atoms with Crippen molar-refractivity contribution < 1.29 is 4.74 Å². The maximum absolute atomic E-state index is 5.78. The normalized spacial score (nSPS) is 11.0. The van der Waals surface area contributed by atoms with Gasteiger partial charge in [-0.3, -0.25) is 4.98 Å². The molecule has 2 rings (SSSR count). The largest absolute Gasteiger partial charge is 0.487 e.